The van der Waals surface area contributed by atoms with Crippen LogP contribution in [0.15, 0.2) is 40.9 Å². The largest absolute Gasteiger partial charge is 0.360 e. The Morgan fingerprint density at radius 3 is 2.75 bits per heavy atom. The number of rotatable bonds is 3. The van der Waals surface area contributed by atoms with Gasteiger partial charge in [-0.3, -0.25) is 4.79 Å². The van der Waals surface area contributed by atoms with Gasteiger partial charge in [0.25, 0.3) is 5.91 Å². The topological polar surface area (TPSA) is 46.3 Å². The summed E-state index contributed by atoms with van der Waals surface area (Å²) in [7, 11) is 0. The Kier molecular flexibility index (Phi) is 3.09. The monoisotopic (exact) mass is 322 g/mol. The highest BCUT2D eigenvalue weighted by molar-refractivity contribution is 5.93. The van der Waals surface area contributed by atoms with Crippen LogP contribution >= 0.6 is 0 Å². The van der Waals surface area contributed by atoms with Crippen molar-refractivity contribution in [2.45, 2.75) is 50.0 Å². The first-order valence-electron chi connectivity index (χ1n) is 9.13. The van der Waals surface area contributed by atoms with Crippen LogP contribution in [0.25, 0.3) is 0 Å². The van der Waals surface area contributed by atoms with E-state index < -0.39 is 0 Å². The molecule has 2 atom stereocenters. The molecule has 2 aliphatic carbocycles. The second kappa shape index (κ2) is 5.20. The summed E-state index contributed by atoms with van der Waals surface area (Å²) in [4.78, 5) is 15.2. The zero-order valence-electron chi connectivity index (χ0n) is 13.8. The zero-order chi connectivity index (χ0) is 16.1. The molecule has 4 nitrogen and oxygen atoms in total. The summed E-state index contributed by atoms with van der Waals surface area (Å²) in [6, 6.07) is 12.4. The van der Waals surface area contributed by atoms with Crippen molar-refractivity contribution in [3.8, 4) is 0 Å². The minimum absolute atomic E-state index is 0.0349. The highest BCUT2D eigenvalue weighted by Gasteiger charge is 2.57. The van der Waals surface area contributed by atoms with Crippen LogP contribution in [0.2, 0.25) is 0 Å². The number of hydrogen-bond donors (Lipinski definition) is 0. The quantitative estimate of drug-likeness (QED) is 0.855. The van der Waals surface area contributed by atoms with E-state index in [1.807, 2.05) is 12.1 Å². The number of hydrogen-bond acceptors (Lipinski definition) is 3. The maximum atomic E-state index is 13.1. The van der Waals surface area contributed by atoms with Crippen LogP contribution in [-0.2, 0) is 5.54 Å². The minimum atomic E-state index is -0.130. The van der Waals surface area contributed by atoms with Crippen molar-refractivity contribution >= 4 is 5.91 Å². The lowest BCUT2D eigenvalue weighted by molar-refractivity contribution is -0.0873. The Labute approximate surface area is 141 Å². The normalized spacial score (nSPS) is 29.0. The molecule has 1 aromatic heterocycles. The molecule has 0 radical (unpaired) electrons. The molecule has 2 aromatic rings. The lowest BCUT2D eigenvalue weighted by Crippen LogP contribution is -2.67. The summed E-state index contributed by atoms with van der Waals surface area (Å²) < 4.78 is 5.41. The molecule has 24 heavy (non-hydrogen) atoms. The van der Waals surface area contributed by atoms with Crippen LogP contribution in [0, 0.1) is 5.92 Å². The maximum Gasteiger partial charge on any atom is 0.276 e. The molecule has 3 aliphatic rings. The fraction of sp³-hybridized carbons (Fsp3) is 0.500. The Hall–Kier alpha value is -2.10. The molecule has 124 valence electrons. The molecule has 3 fully saturated rings. The van der Waals surface area contributed by atoms with Gasteiger partial charge < -0.3 is 9.42 Å². The third kappa shape index (κ3) is 1.98. The molecule has 0 spiro atoms. The van der Waals surface area contributed by atoms with E-state index in [0.29, 0.717) is 17.5 Å². The Balaban J connectivity index is 1.49. The summed E-state index contributed by atoms with van der Waals surface area (Å²) in [5.74, 6) is 1.98. The number of carbonyl (C=O) groups excluding carboxylic acids is 1. The molecule has 2 heterocycles. The third-order valence-corrected chi connectivity index (χ3v) is 6.17. The van der Waals surface area contributed by atoms with E-state index in [1.54, 1.807) is 0 Å². The van der Waals surface area contributed by atoms with Crippen LogP contribution in [0.4, 0.5) is 0 Å². The second-order valence-corrected chi connectivity index (χ2v) is 7.54. The smallest absolute Gasteiger partial charge is 0.276 e. The van der Waals surface area contributed by atoms with Gasteiger partial charge in [0, 0.05) is 24.4 Å². The summed E-state index contributed by atoms with van der Waals surface area (Å²) in [6.07, 6.45) is 7.04. The fourth-order valence-corrected chi connectivity index (χ4v) is 4.71. The van der Waals surface area contributed by atoms with Crippen LogP contribution in [0.5, 0.6) is 0 Å². The molecule has 1 aromatic carbocycles. The van der Waals surface area contributed by atoms with Gasteiger partial charge >= 0.3 is 0 Å². The molecule has 1 aliphatic heterocycles. The van der Waals surface area contributed by atoms with E-state index in [9.17, 15) is 4.79 Å². The van der Waals surface area contributed by atoms with Gasteiger partial charge in [-0.1, -0.05) is 48.3 Å². The average Bonchev–Trinajstić information content (AvgIpc) is 3.34. The van der Waals surface area contributed by atoms with Gasteiger partial charge in [-0.05, 0) is 31.2 Å². The summed E-state index contributed by atoms with van der Waals surface area (Å²) in [5, 5.41) is 4.08. The summed E-state index contributed by atoms with van der Waals surface area (Å²) in [6.45, 7) is 0.847. The van der Waals surface area contributed by atoms with Crippen molar-refractivity contribution in [1.82, 2.24) is 10.1 Å². The molecule has 0 N–H and O–H groups in total. The maximum absolute atomic E-state index is 13.1. The van der Waals surface area contributed by atoms with Crippen LogP contribution in [-0.4, -0.2) is 22.5 Å². The summed E-state index contributed by atoms with van der Waals surface area (Å²) in [5.41, 5.74) is 1.63. The SMILES string of the molecule is O=C(c1cc(C2CC2)on1)N1C[C@H]2CCCC[C@]21c1ccccc1. The molecule has 0 bridgehead atoms. The number of likely N-dealkylation sites (tertiary alicyclic amines) is 1. The van der Waals surface area contributed by atoms with Gasteiger partial charge in [-0.2, -0.15) is 0 Å². The predicted molar refractivity (Wildman–Crippen MR) is 89.6 cm³/mol. The lowest BCUT2D eigenvalue weighted by Gasteiger charge is -2.61. The standard InChI is InChI=1S/C20H22N2O2/c23-19(17-12-18(24-21-17)14-9-10-14)22-13-16-8-4-5-11-20(16,22)15-6-2-1-3-7-15/h1-3,6-7,12,14,16H,4-5,8-11,13H2/t16-,20+/m1/s1. The molecular weight excluding hydrogens is 300 g/mol. The van der Waals surface area contributed by atoms with Crippen molar-refractivity contribution < 1.29 is 9.32 Å². The molecule has 1 saturated heterocycles. The Morgan fingerprint density at radius 2 is 2.00 bits per heavy atom. The predicted octanol–water partition coefficient (Wildman–Crippen LogP) is 4.09. The van der Waals surface area contributed by atoms with E-state index in [-0.39, 0.29) is 11.4 Å². The minimum Gasteiger partial charge on any atom is -0.360 e. The van der Waals surface area contributed by atoms with Gasteiger partial charge in [0.1, 0.15) is 5.76 Å². The Morgan fingerprint density at radius 1 is 1.17 bits per heavy atom. The number of aromatic nitrogens is 1. The lowest BCUT2D eigenvalue weighted by atomic mass is 9.61. The van der Waals surface area contributed by atoms with Crippen molar-refractivity contribution in [2.24, 2.45) is 5.92 Å². The van der Waals surface area contributed by atoms with Crippen molar-refractivity contribution in [2.75, 3.05) is 6.54 Å². The molecule has 2 saturated carbocycles. The van der Waals surface area contributed by atoms with E-state index in [4.69, 9.17) is 4.52 Å². The zero-order valence-corrected chi connectivity index (χ0v) is 13.8. The van der Waals surface area contributed by atoms with Crippen LogP contribution < -0.4 is 0 Å². The third-order valence-electron chi connectivity index (χ3n) is 6.17. The number of carbonyl (C=O) groups is 1. The van der Waals surface area contributed by atoms with Gasteiger partial charge in [0.05, 0.1) is 5.54 Å². The van der Waals surface area contributed by atoms with Crippen molar-refractivity contribution in [3.63, 3.8) is 0 Å². The van der Waals surface area contributed by atoms with Gasteiger partial charge in [-0.15, -0.1) is 0 Å². The fourth-order valence-electron chi connectivity index (χ4n) is 4.71. The van der Waals surface area contributed by atoms with Gasteiger partial charge in [-0.25, -0.2) is 0 Å². The number of amides is 1. The first-order chi connectivity index (χ1) is 11.8. The van der Waals surface area contributed by atoms with Crippen LogP contribution in [0.1, 0.15) is 66.3 Å². The van der Waals surface area contributed by atoms with Crippen LogP contribution in [0.3, 0.4) is 0 Å². The van der Waals surface area contributed by atoms with Crippen molar-refractivity contribution in [1.29, 1.82) is 0 Å². The number of benzene rings is 1. The van der Waals surface area contributed by atoms with Crippen molar-refractivity contribution in [3.05, 3.63) is 53.4 Å². The highest BCUT2D eigenvalue weighted by Crippen LogP contribution is 2.54. The summed E-state index contributed by atoms with van der Waals surface area (Å²) >= 11 is 0. The van der Waals surface area contributed by atoms with Gasteiger partial charge in [0.2, 0.25) is 0 Å². The molecule has 1 amide bonds. The highest BCUT2D eigenvalue weighted by atomic mass is 16.5. The number of nitrogens with zero attached hydrogens (tertiary/aromatic N) is 2. The van der Waals surface area contributed by atoms with E-state index in [2.05, 4.69) is 34.3 Å². The molecular formula is C20H22N2O2. The first-order valence-corrected chi connectivity index (χ1v) is 9.13. The Bertz CT molecular complexity index is 765. The van der Waals surface area contributed by atoms with E-state index in [0.717, 1.165) is 31.6 Å². The molecule has 5 rings (SSSR count). The van der Waals surface area contributed by atoms with E-state index >= 15 is 0 Å². The molecule has 4 heteroatoms. The average molecular weight is 322 g/mol. The van der Waals surface area contributed by atoms with E-state index in [1.165, 1.54) is 24.8 Å². The second-order valence-electron chi connectivity index (χ2n) is 7.54. The van der Waals surface area contributed by atoms with Gasteiger partial charge in [0.15, 0.2) is 5.69 Å². The number of fused-ring (bicyclic) bond motifs is 1. The first kappa shape index (κ1) is 14.3. The molecule has 0 unspecified atom stereocenters.